The number of rotatable bonds is 3. The Morgan fingerprint density at radius 2 is 2.00 bits per heavy atom. The van der Waals surface area contributed by atoms with Crippen molar-refractivity contribution in [3.63, 3.8) is 0 Å². The van der Waals surface area contributed by atoms with Crippen molar-refractivity contribution in [2.24, 2.45) is 0 Å². The molecule has 1 N–H and O–H groups in total. The molecule has 4 aromatic heterocycles. The fourth-order valence-electron chi connectivity index (χ4n) is 2.83. The Hall–Kier alpha value is -3.05. The molecular weight excluding hydrogens is 386 g/mol. The standard InChI is InChI=1S/C16H11N7O2S2/c1-8-6-12(24)23-15(17-8)27-16(21-23)26-7-11-18-19-13-9-4-2-3-5-10(9)14(25)20-22(11)13/h2-6H,7H2,1H3,(H,20,25). The van der Waals surface area contributed by atoms with Crippen molar-refractivity contribution in [3.05, 3.63) is 62.6 Å². The second-order valence-corrected chi connectivity index (χ2v) is 8.03. The van der Waals surface area contributed by atoms with Gasteiger partial charge in [0.05, 0.1) is 11.1 Å². The summed E-state index contributed by atoms with van der Waals surface area (Å²) in [5.41, 5.74) is 0.853. The molecule has 0 fully saturated rings. The van der Waals surface area contributed by atoms with Crippen molar-refractivity contribution in [3.8, 4) is 0 Å². The number of hydrogen-bond donors (Lipinski definition) is 1. The smallest absolute Gasteiger partial charge is 0.267 e. The first kappa shape index (κ1) is 16.1. The lowest BCUT2D eigenvalue weighted by atomic mass is 10.2. The third kappa shape index (κ3) is 2.62. The molecule has 5 aromatic rings. The first-order valence-electron chi connectivity index (χ1n) is 7.95. The zero-order valence-corrected chi connectivity index (χ0v) is 15.5. The molecule has 0 spiro atoms. The van der Waals surface area contributed by atoms with Crippen LogP contribution in [0.3, 0.4) is 0 Å². The molecule has 0 amide bonds. The molecule has 0 atom stereocenters. The highest BCUT2D eigenvalue weighted by atomic mass is 32.2. The van der Waals surface area contributed by atoms with Gasteiger partial charge in [-0.2, -0.15) is 4.52 Å². The number of benzene rings is 1. The molecule has 11 heteroatoms. The van der Waals surface area contributed by atoms with Crippen LogP contribution in [0.2, 0.25) is 0 Å². The third-order valence-electron chi connectivity index (χ3n) is 4.04. The minimum Gasteiger partial charge on any atom is -0.267 e. The third-order valence-corrected chi connectivity index (χ3v) is 6.07. The van der Waals surface area contributed by atoms with Gasteiger partial charge in [-0.05, 0) is 13.0 Å². The van der Waals surface area contributed by atoms with Crippen LogP contribution in [0.1, 0.15) is 11.5 Å². The van der Waals surface area contributed by atoms with Crippen LogP contribution in [0.25, 0.3) is 21.4 Å². The first-order chi connectivity index (χ1) is 13.1. The van der Waals surface area contributed by atoms with E-state index in [1.54, 1.807) is 17.5 Å². The average molecular weight is 397 g/mol. The summed E-state index contributed by atoms with van der Waals surface area (Å²) in [5, 5.41) is 16.8. The van der Waals surface area contributed by atoms with E-state index in [1.165, 1.54) is 33.7 Å². The predicted molar refractivity (Wildman–Crippen MR) is 103 cm³/mol. The monoisotopic (exact) mass is 397 g/mol. The van der Waals surface area contributed by atoms with Crippen LogP contribution in [0, 0.1) is 6.92 Å². The normalized spacial score (nSPS) is 11.7. The number of nitrogens with one attached hydrogen (secondary N) is 1. The van der Waals surface area contributed by atoms with Crippen molar-refractivity contribution >= 4 is 44.5 Å². The molecule has 0 bridgehead atoms. The van der Waals surface area contributed by atoms with E-state index in [2.05, 4.69) is 25.4 Å². The molecule has 9 nitrogen and oxygen atoms in total. The maximum absolute atomic E-state index is 12.3. The van der Waals surface area contributed by atoms with Gasteiger partial charge in [0.25, 0.3) is 11.1 Å². The summed E-state index contributed by atoms with van der Waals surface area (Å²) in [6.45, 7) is 1.77. The van der Waals surface area contributed by atoms with Gasteiger partial charge in [0, 0.05) is 17.1 Å². The molecule has 4 heterocycles. The van der Waals surface area contributed by atoms with E-state index in [4.69, 9.17) is 0 Å². The van der Waals surface area contributed by atoms with Gasteiger partial charge in [0.2, 0.25) is 4.96 Å². The molecule has 1 aromatic carbocycles. The van der Waals surface area contributed by atoms with Crippen LogP contribution in [-0.4, -0.2) is 34.4 Å². The Morgan fingerprint density at radius 3 is 2.85 bits per heavy atom. The first-order valence-corrected chi connectivity index (χ1v) is 9.76. The average Bonchev–Trinajstić information content (AvgIpc) is 3.24. The molecule has 0 aliphatic rings. The number of H-pyrrole nitrogens is 1. The van der Waals surface area contributed by atoms with E-state index < -0.39 is 0 Å². The molecule has 0 aliphatic heterocycles. The number of aromatic amines is 1. The summed E-state index contributed by atoms with van der Waals surface area (Å²) in [4.78, 5) is 29.2. The minimum absolute atomic E-state index is 0.199. The van der Waals surface area contributed by atoms with Gasteiger partial charge in [0.1, 0.15) is 0 Å². The SMILES string of the molecule is Cc1cc(=O)n2nc(SCc3nnc4c5ccccc5c(=O)[nH]n34)sc2n1. The Labute approximate surface area is 158 Å². The fourth-order valence-corrected chi connectivity index (χ4v) is 4.73. The van der Waals surface area contributed by atoms with Gasteiger partial charge in [-0.1, -0.05) is 41.3 Å². The molecule has 134 valence electrons. The summed E-state index contributed by atoms with van der Waals surface area (Å²) in [6, 6.07) is 8.72. The van der Waals surface area contributed by atoms with Crippen molar-refractivity contribution in [2.45, 2.75) is 17.0 Å². The van der Waals surface area contributed by atoms with Gasteiger partial charge in [0.15, 0.2) is 15.8 Å². The second kappa shape index (κ2) is 5.99. The van der Waals surface area contributed by atoms with Crippen LogP contribution in [0.5, 0.6) is 0 Å². The molecule has 27 heavy (non-hydrogen) atoms. The molecule has 5 rings (SSSR count). The van der Waals surface area contributed by atoms with E-state index >= 15 is 0 Å². The molecule has 0 aliphatic carbocycles. The number of thioether (sulfide) groups is 1. The van der Waals surface area contributed by atoms with Gasteiger partial charge in [-0.25, -0.2) is 9.50 Å². The largest absolute Gasteiger partial charge is 0.275 e. The Kier molecular flexibility index (Phi) is 3.58. The van der Waals surface area contributed by atoms with Gasteiger partial charge in [-0.15, -0.1) is 15.3 Å². The Balaban J connectivity index is 1.53. The van der Waals surface area contributed by atoms with Gasteiger partial charge in [-0.3, -0.25) is 14.7 Å². The maximum Gasteiger partial charge on any atom is 0.275 e. The summed E-state index contributed by atoms with van der Waals surface area (Å²) in [6.07, 6.45) is 0. The highest BCUT2D eigenvalue weighted by Crippen LogP contribution is 2.26. The number of hydrogen-bond acceptors (Lipinski definition) is 8. The lowest BCUT2D eigenvalue weighted by Gasteiger charge is -2.01. The van der Waals surface area contributed by atoms with Crippen molar-refractivity contribution in [2.75, 3.05) is 0 Å². The molecule has 0 saturated heterocycles. The van der Waals surface area contributed by atoms with Crippen LogP contribution >= 0.6 is 23.1 Å². The van der Waals surface area contributed by atoms with Gasteiger partial charge < -0.3 is 0 Å². The highest BCUT2D eigenvalue weighted by molar-refractivity contribution is 8.00. The van der Waals surface area contributed by atoms with Crippen LogP contribution < -0.4 is 11.1 Å². The fraction of sp³-hybridized carbons (Fsp3) is 0.125. The molecule has 0 saturated carbocycles. The zero-order chi connectivity index (χ0) is 18.5. The van der Waals surface area contributed by atoms with Gasteiger partial charge >= 0.3 is 0 Å². The molecule has 0 radical (unpaired) electrons. The lowest BCUT2D eigenvalue weighted by molar-refractivity contribution is 0.842. The van der Waals surface area contributed by atoms with E-state index in [0.29, 0.717) is 37.6 Å². The highest BCUT2D eigenvalue weighted by Gasteiger charge is 2.14. The van der Waals surface area contributed by atoms with Crippen molar-refractivity contribution in [1.82, 2.24) is 34.4 Å². The van der Waals surface area contributed by atoms with E-state index in [0.717, 1.165) is 5.39 Å². The Bertz CT molecular complexity index is 1450. The summed E-state index contributed by atoms with van der Waals surface area (Å²) >= 11 is 2.74. The van der Waals surface area contributed by atoms with E-state index in [-0.39, 0.29) is 11.1 Å². The summed E-state index contributed by atoms with van der Waals surface area (Å²) < 4.78 is 3.57. The van der Waals surface area contributed by atoms with E-state index in [9.17, 15) is 9.59 Å². The second-order valence-electron chi connectivity index (χ2n) is 5.85. The van der Waals surface area contributed by atoms with Crippen LogP contribution in [0.15, 0.2) is 44.3 Å². The Morgan fingerprint density at radius 1 is 1.19 bits per heavy atom. The molecular formula is C16H11N7O2S2. The van der Waals surface area contributed by atoms with Crippen LogP contribution in [0.4, 0.5) is 0 Å². The number of fused-ring (bicyclic) bond motifs is 4. The number of aromatic nitrogens is 7. The molecule has 0 unspecified atom stereocenters. The zero-order valence-electron chi connectivity index (χ0n) is 13.9. The summed E-state index contributed by atoms with van der Waals surface area (Å²) in [5.74, 6) is 1.02. The quantitative estimate of drug-likeness (QED) is 0.461. The number of nitrogens with zero attached hydrogens (tertiary/aromatic N) is 6. The number of aryl methyl sites for hydroxylation is 1. The van der Waals surface area contributed by atoms with Crippen molar-refractivity contribution < 1.29 is 0 Å². The minimum atomic E-state index is -0.204. The van der Waals surface area contributed by atoms with Crippen LogP contribution in [-0.2, 0) is 5.75 Å². The van der Waals surface area contributed by atoms with Crippen molar-refractivity contribution in [1.29, 1.82) is 0 Å². The topological polar surface area (TPSA) is 110 Å². The predicted octanol–water partition coefficient (Wildman–Crippen LogP) is 1.64. The summed E-state index contributed by atoms with van der Waals surface area (Å²) in [7, 11) is 0. The lowest BCUT2D eigenvalue weighted by Crippen LogP contribution is -2.14. The maximum atomic E-state index is 12.3. The van der Waals surface area contributed by atoms with E-state index in [1.807, 2.05) is 18.2 Å².